The first-order chi connectivity index (χ1) is 13.0. The van der Waals surface area contributed by atoms with Crippen LogP contribution in [0.5, 0.6) is 0 Å². The van der Waals surface area contributed by atoms with Gasteiger partial charge in [-0.3, -0.25) is 24.1 Å². The summed E-state index contributed by atoms with van der Waals surface area (Å²) in [5.41, 5.74) is 1.95. The fourth-order valence-electron chi connectivity index (χ4n) is 3.37. The SMILES string of the molecule is O=C(CN1C(=O)c2ccccc2C1=O)Nc1ccc(N2CCCC2=O)cc1. The lowest BCUT2D eigenvalue weighted by Crippen LogP contribution is -2.37. The molecule has 0 bridgehead atoms. The van der Waals surface area contributed by atoms with Crippen LogP contribution in [0.1, 0.15) is 33.6 Å². The molecule has 0 atom stereocenters. The Morgan fingerprint density at radius 2 is 1.56 bits per heavy atom. The van der Waals surface area contributed by atoms with Crippen molar-refractivity contribution in [2.75, 3.05) is 23.3 Å². The maximum absolute atomic E-state index is 12.3. The quantitative estimate of drug-likeness (QED) is 0.843. The van der Waals surface area contributed by atoms with Crippen LogP contribution in [0.2, 0.25) is 0 Å². The molecule has 7 heteroatoms. The molecule has 136 valence electrons. The molecule has 7 nitrogen and oxygen atoms in total. The van der Waals surface area contributed by atoms with Gasteiger partial charge >= 0.3 is 0 Å². The Bertz CT molecular complexity index is 917. The minimum absolute atomic E-state index is 0.0948. The number of nitrogens with zero attached hydrogens (tertiary/aromatic N) is 2. The van der Waals surface area contributed by atoms with E-state index in [0.29, 0.717) is 29.8 Å². The molecule has 2 heterocycles. The van der Waals surface area contributed by atoms with Gasteiger partial charge in [0.15, 0.2) is 0 Å². The average Bonchev–Trinajstić information content (AvgIpc) is 3.20. The first kappa shape index (κ1) is 17.0. The Morgan fingerprint density at radius 3 is 2.11 bits per heavy atom. The van der Waals surface area contributed by atoms with Crippen LogP contribution in [0, 0.1) is 0 Å². The van der Waals surface area contributed by atoms with Gasteiger partial charge in [-0.05, 0) is 42.8 Å². The molecule has 27 heavy (non-hydrogen) atoms. The van der Waals surface area contributed by atoms with Crippen molar-refractivity contribution in [3.63, 3.8) is 0 Å². The van der Waals surface area contributed by atoms with Gasteiger partial charge in [-0.15, -0.1) is 0 Å². The molecule has 1 saturated heterocycles. The van der Waals surface area contributed by atoms with Crippen LogP contribution in [-0.4, -0.2) is 41.6 Å². The molecule has 2 aromatic rings. The van der Waals surface area contributed by atoms with E-state index in [1.165, 1.54) is 0 Å². The Hall–Kier alpha value is -3.48. The lowest BCUT2D eigenvalue weighted by atomic mass is 10.1. The Balaban J connectivity index is 1.41. The number of benzene rings is 2. The molecule has 0 spiro atoms. The lowest BCUT2D eigenvalue weighted by molar-refractivity contribution is -0.117. The second-order valence-electron chi connectivity index (χ2n) is 6.49. The van der Waals surface area contributed by atoms with Crippen LogP contribution in [0.25, 0.3) is 0 Å². The Morgan fingerprint density at radius 1 is 0.926 bits per heavy atom. The van der Waals surface area contributed by atoms with Gasteiger partial charge in [-0.25, -0.2) is 0 Å². The van der Waals surface area contributed by atoms with Crippen LogP contribution in [-0.2, 0) is 9.59 Å². The number of fused-ring (bicyclic) bond motifs is 1. The van der Waals surface area contributed by atoms with Crippen molar-refractivity contribution < 1.29 is 19.2 Å². The molecule has 2 aromatic carbocycles. The molecular weight excluding hydrogens is 346 g/mol. The summed E-state index contributed by atoms with van der Waals surface area (Å²) in [6.45, 7) is 0.350. The van der Waals surface area contributed by atoms with Crippen LogP contribution >= 0.6 is 0 Å². The highest BCUT2D eigenvalue weighted by Gasteiger charge is 2.36. The minimum atomic E-state index is -0.464. The van der Waals surface area contributed by atoms with E-state index in [2.05, 4.69) is 5.32 Å². The third kappa shape index (κ3) is 3.08. The third-order valence-corrected chi connectivity index (χ3v) is 4.72. The molecule has 0 aliphatic carbocycles. The zero-order valence-electron chi connectivity index (χ0n) is 14.5. The summed E-state index contributed by atoms with van der Waals surface area (Å²) in [4.78, 5) is 51.3. The highest BCUT2D eigenvalue weighted by Crippen LogP contribution is 2.24. The summed E-state index contributed by atoms with van der Waals surface area (Å²) in [5.74, 6) is -1.30. The molecule has 1 fully saturated rings. The fraction of sp³-hybridized carbons (Fsp3) is 0.200. The molecule has 0 radical (unpaired) electrons. The first-order valence-electron chi connectivity index (χ1n) is 8.70. The van der Waals surface area contributed by atoms with Crippen LogP contribution in [0.15, 0.2) is 48.5 Å². The standard InChI is InChI=1S/C20H17N3O4/c24-17(12-23-19(26)15-4-1-2-5-16(15)20(23)27)21-13-7-9-14(10-8-13)22-11-3-6-18(22)25/h1-2,4-5,7-10H,3,6,11-12H2,(H,21,24). The number of hydrogen-bond acceptors (Lipinski definition) is 4. The summed E-state index contributed by atoms with van der Waals surface area (Å²) < 4.78 is 0. The van der Waals surface area contributed by atoms with E-state index in [4.69, 9.17) is 0 Å². The van der Waals surface area contributed by atoms with Crippen LogP contribution in [0.4, 0.5) is 11.4 Å². The number of nitrogens with one attached hydrogen (secondary N) is 1. The maximum atomic E-state index is 12.3. The molecule has 1 N–H and O–H groups in total. The van der Waals surface area contributed by atoms with Gasteiger partial charge < -0.3 is 10.2 Å². The summed E-state index contributed by atoms with van der Waals surface area (Å²) in [6.07, 6.45) is 1.40. The van der Waals surface area contributed by atoms with Crippen LogP contribution < -0.4 is 10.2 Å². The van der Waals surface area contributed by atoms with Crippen LogP contribution in [0.3, 0.4) is 0 Å². The zero-order valence-corrected chi connectivity index (χ0v) is 14.5. The van der Waals surface area contributed by atoms with E-state index in [9.17, 15) is 19.2 Å². The summed E-state index contributed by atoms with van der Waals surface area (Å²) in [6, 6.07) is 13.4. The van der Waals surface area contributed by atoms with Gasteiger partial charge in [-0.2, -0.15) is 0 Å². The summed E-state index contributed by atoms with van der Waals surface area (Å²) >= 11 is 0. The largest absolute Gasteiger partial charge is 0.325 e. The summed E-state index contributed by atoms with van der Waals surface area (Å²) in [5, 5.41) is 2.68. The normalized spacial score (nSPS) is 16.1. The molecule has 0 unspecified atom stereocenters. The van der Waals surface area contributed by atoms with Crippen molar-refractivity contribution in [3.8, 4) is 0 Å². The molecule has 0 aromatic heterocycles. The fourth-order valence-corrected chi connectivity index (χ4v) is 3.37. The van der Waals surface area contributed by atoms with Crippen molar-refractivity contribution >= 4 is 35.0 Å². The van der Waals surface area contributed by atoms with E-state index < -0.39 is 17.7 Å². The number of hydrogen-bond donors (Lipinski definition) is 1. The predicted molar refractivity (Wildman–Crippen MR) is 98.5 cm³/mol. The first-order valence-corrected chi connectivity index (χ1v) is 8.70. The van der Waals surface area contributed by atoms with Crippen molar-refractivity contribution in [1.29, 1.82) is 0 Å². The Kier molecular flexibility index (Phi) is 4.19. The third-order valence-electron chi connectivity index (χ3n) is 4.72. The molecule has 2 aliphatic heterocycles. The van der Waals surface area contributed by atoms with Gasteiger partial charge in [0.1, 0.15) is 6.54 Å². The maximum Gasteiger partial charge on any atom is 0.262 e. The number of rotatable bonds is 4. The van der Waals surface area contributed by atoms with Gasteiger partial charge in [0.2, 0.25) is 11.8 Å². The number of carbonyl (C=O) groups excluding carboxylic acids is 4. The number of amides is 4. The van der Waals surface area contributed by atoms with Gasteiger partial charge in [-0.1, -0.05) is 12.1 Å². The number of carbonyl (C=O) groups is 4. The van der Waals surface area contributed by atoms with E-state index in [1.54, 1.807) is 53.4 Å². The number of imide groups is 1. The minimum Gasteiger partial charge on any atom is -0.325 e. The van der Waals surface area contributed by atoms with Gasteiger partial charge in [0.05, 0.1) is 11.1 Å². The summed E-state index contributed by atoms with van der Waals surface area (Å²) in [7, 11) is 0. The van der Waals surface area contributed by atoms with E-state index in [0.717, 1.165) is 17.0 Å². The monoisotopic (exact) mass is 363 g/mol. The second-order valence-corrected chi connectivity index (χ2v) is 6.49. The van der Waals surface area contributed by atoms with Crippen molar-refractivity contribution in [1.82, 2.24) is 4.90 Å². The van der Waals surface area contributed by atoms with E-state index in [1.807, 2.05) is 0 Å². The van der Waals surface area contributed by atoms with Crippen molar-refractivity contribution in [2.24, 2.45) is 0 Å². The topological polar surface area (TPSA) is 86.8 Å². The molecule has 4 amide bonds. The lowest BCUT2D eigenvalue weighted by Gasteiger charge is -2.17. The Labute approximate surface area is 155 Å². The van der Waals surface area contributed by atoms with E-state index >= 15 is 0 Å². The van der Waals surface area contributed by atoms with Gasteiger partial charge in [0.25, 0.3) is 11.8 Å². The van der Waals surface area contributed by atoms with Gasteiger partial charge in [0, 0.05) is 24.3 Å². The molecule has 2 aliphatic rings. The smallest absolute Gasteiger partial charge is 0.262 e. The zero-order chi connectivity index (χ0) is 19.0. The molecule has 0 saturated carbocycles. The predicted octanol–water partition coefficient (Wildman–Crippen LogP) is 2.05. The highest BCUT2D eigenvalue weighted by atomic mass is 16.2. The second kappa shape index (κ2) is 6.68. The number of anilines is 2. The van der Waals surface area contributed by atoms with Crippen molar-refractivity contribution in [3.05, 3.63) is 59.7 Å². The molecular formula is C20H17N3O4. The highest BCUT2D eigenvalue weighted by molar-refractivity contribution is 6.22. The average molecular weight is 363 g/mol. The van der Waals surface area contributed by atoms with Crippen molar-refractivity contribution in [2.45, 2.75) is 12.8 Å². The van der Waals surface area contributed by atoms with E-state index in [-0.39, 0.29) is 12.5 Å². The molecule has 4 rings (SSSR count).